The van der Waals surface area contributed by atoms with Crippen molar-refractivity contribution in [2.24, 2.45) is 22.9 Å². The monoisotopic (exact) mass is 336 g/mol. The van der Waals surface area contributed by atoms with Crippen molar-refractivity contribution in [1.29, 1.82) is 0 Å². The van der Waals surface area contributed by atoms with E-state index in [1.165, 1.54) is 0 Å². The Balaban J connectivity index is 2.99. The van der Waals surface area contributed by atoms with E-state index in [1.807, 2.05) is 0 Å². The van der Waals surface area contributed by atoms with Crippen LogP contribution in [0.25, 0.3) is 0 Å². The molecule has 8 N–H and O–H groups in total. The number of rotatable bonds is 10. The molecule has 0 saturated carbocycles. The number of amides is 2. The van der Waals surface area contributed by atoms with Gasteiger partial charge in [0.05, 0.1) is 0 Å². The first-order valence-electron chi connectivity index (χ1n) is 8.07. The van der Waals surface area contributed by atoms with Crippen LogP contribution in [0.4, 0.5) is 0 Å². The van der Waals surface area contributed by atoms with Crippen molar-refractivity contribution >= 4 is 11.8 Å². The van der Waals surface area contributed by atoms with E-state index in [4.69, 9.17) is 22.9 Å². The van der Waals surface area contributed by atoms with Gasteiger partial charge in [0, 0.05) is 63.5 Å². The van der Waals surface area contributed by atoms with Gasteiger partial charge in [-0.05, 0) is 18.2 Å². The fourth-order valence-corrected chi connectivity index (χ4v) is 2.40. The van der Waals surface area contributed by atoms with Gasteiger partial charge in [-0.3, -0.25) is 9.59 Å². The van der Waals surface area contributed by atoms with Crippen molar-refractivity contribution in [3.05, 3.63) is 35.4 Å². The maximum absolute atomic E-state index is 12.6. The SMILES string of the molecule is NCCN(CCN)C(=O)c1cccc(C(=O)N(CCN)CCN)c1. The second kappa shape index (κ2) is 10.7. The molecule has 0 aliphatic rings. The standard InChI is InChI=1S/C16H28N6O2/c17-4-8-21(9-5-18)15(23)13-2-1-3-14(12-13)16(24)22(10-6-19)11-7-20/h1-3,12H,4-11,17-20H2. The first kappa shape index (κ1) is 20.0. The van der Waals surface area contributed by atoms with E-state index >= 15 is 0 Å². The summed E-state index contributed by atoms with van der Waals surface area (Å²) in [7, 11) is 0. The van der Waals surface area contributed by atoms with Gasteiger partial charge >= 0.3 is 0 Å². The molecule has 2 amide bonds. The molecule has 0 aromatic heterocycles. The molecule has 8 nitrogen and oxygen atoms in total. The fourth-order valence-electron chi connectivity index (χ4n) is 2.40. The first-order valence-corrected chi connectivity index (χ1v) is 8.07. The fraction of sp³-hybridized carbons (Fsp3) is 0.500. The highest BCUT2D eigenvalue weighted by Crippen LogP contribution is 2.11. The predicted molar refractivity (Wildman–Crippen MR) is 94.5 cm³/mol. The molecule has 1 rings (SSSR count). The van der Waals surface area contributed by atoms with Gasteiger partial charge in [0.25, 0.3) is 11.8 Å². The van der Waals surface area contributed by atoms with E-state index in [1.54, 1.807) is 34.1 Å². The Morgan fingerprint density at radius 2 is 1.04 bits per heavy atom. The summed E-state index contributed by atoms with van der Waals surface area (Å²) in [4.78, 5) is 28.3. The molecule has 1 aromatic carbocycles. The van der Waals surface area contributed by atoms with Crippen LogP contribution in [0.2, 0.25) is 0 Å². The smallest absolute Gasteiger partial charge is 0.253 e. The second-order valence-electron chi connectivity index (χ2n) is 5.32. The van der Waals surface area contributed by atoms with Crippen LogP contribution >= 0.6 is 0 Å². The van der Waals surface area contributed by atoms with E-state index in [0.717, 1.165) is 0 Å². The van der Waals surface area contributed by atoms with Crippen LogP contribution in [0.15, 0.2) is 24.3 Å². The van der Waals surface area contributed by atoms with Crippen molar-refractivity contribution in [2.45, 2.75) is 0 Å². The number of nitrogens with zero attached hydrogens (tertiary/aromatic N) is 2. The number of carbonyl (C=O) groups excluding carboxylic acids is 2. The average Bonchev–Trinajstić information content (AvgIpc) is 2.60. The Labute approximate surface area is 142 Å². The Kier molecular flexibility index (Phi) is 8.95. The quantitative estimate of drug-likeness (QED) is 0.405. The highest BCUT2D eigenvalue weighted by atomic mass is 16.2. The summed E-state index contributed by atoms with van der Waals surface area (Å²) in [5, 5.41) is 0. The van der Waals surface area contributed by atoms with Crippen molar-refractivity contribution in [3.8, 4) is 0 Å². The third kappa shape index (κ3) is 5.57. The third-order valence-electron chi connectivity index (χ3n) is 3.53. The molecule has 0 atom stereocenters. The van der Waals surface area contributed by atoms with Crippen LogP contribution in [0.5, 0.6) is 0 Å². The summed E-state index contributed by atoms with van der Waals surface area (Å²) < 4.78 is 0. The molecule has 0 aliphatic heterocycles. The van der Waals surface area contributed by atoms with Gasteiger partial charge in [0.1, 0.15) is 0 Å². The zero-order chi connectivity index (χ0) is 17.9. The number of hydrogen-bond donors (Lipinski definition) is 4. The molecule has 0 unspecified atom stereocenters. The first-order chi connectivity index (χ1) is 11.6. The zero-order valence-electron chi connectivity index (χ0n) is 14.0. The molecule has 24 heavy (non-hydrogen) atoms. The molecule has 134 valence electrons. The highest BCUT2D eigenvalue weighted by molar-refractivity contribution is 5.99. The van der Waals surface area contributed by atoms with Gasteiger partial charge in [0.15, 0.2) is 0 Å². The summed E-state index contributed by atoms with van der Waals surface area (Å²) in [6.45, 7) is 3.08. The average molecular weight is 336 g/mol. The van der Waals surface area contributed by atoms with Gasteiger partial charge in [-0.2, -0.15) is 0 Å². The van der Waals surface area contributed by atoms with Crippen LogP contribution < -0.4 is 22.9 Å². The molecule has 1 aromatic rings. The van der Waals surface area contributed by atoms with Gasteiger partial charge < -0.3 is 32.7 Å². The minimum atomic E-state index is -0.190. The normalized spacial score (nSPS) is 10.5. The zero-order valence-corrected chi connectivity index (χ0v) is 14.0. The minimum Gasteiger partial charge on any atom is -0.336 e. The van der Waals surface area contributed by atoms with E-state index in [9.17, 15) is 9.59 Å². The van der Waals surface area contributed by atoms with Crippen LogP contribution in [-0.2, 0) is 0 Å². The number of nitrogens with two attached hydrogens (primary N) is 4. The lowest BCUT2D eigenvalue weighted by atomic mass is 10.1. The van der Waals surface area contributed by atoms with Gasteiger partial charge in [-0.25, -0.2) is 0 Å². The molecule has 0 spiro atoms. The van der Waals surface area contributed by atoms with Crippen LogP contribution in [0.1, 0.15) is 20.7 Å². The highest BCUT2D eigenvalue weighted by Gasteiger charge is 2.18. The van der Waals surface area contributed by atoms with E-state index in [0.29, 0.717) is 63.5 Å². The Morgan fingerprint density at radius 3 is 1.33 bits per heavy atom. The number of benzene rings is 1. The van der Waals surface area contributed by atoms with Crippen LogP contribution in [-0.4, -0.2) is 74.0 Å². The number of carbonyl (C=O) groups is 2. The lowest BCUT2D eigenvalue weighted by molar-refractivity contribution is 0.0763. The predicted octanol–water partition coefficient (Wildman–Crippen LogP) is -1.59. The largest absolute Gasteiger partial charge is 0.336 e. The molecule has 0 radical (unpaired) electrons. The molecule has 0 fully saturated rings. The lowest BCUT2D eigenvalue weighted by Gasteiger charge is -2.23. The summed E-state index contributed by atoms with van der Waals surface area (Å²) >= 11 is 0. The molecular weight excluding hydrogens is 308 g/mol. The third-order valence-corrected chi connectivity index (χ3v) is 3.53. The van der Waals surface area contributed by atoms with Crippen molar-refractivity contribution in [2.75, 3.05) is 52.4 Å². The van der Waals surface area contributed by atoms with E-state index < -0.39 is 0 Å². The number of hydrogen-bond acceptors (Lipinski definition) is 6. The van der Waals surface area contributed by atoms with Crippen molar-refractivity contribution in [1.82, 2.24) is 9.80 Å². The van der Waals surface area contributed by atoms with Gasteiger partial charge in [0.2, 0.25) is 0 Å². The van der Waals surface area contributed by atoms with Crippen LogP contribution in [0.3, 0.4) is 0 Å². The van der Waals surface area contributed by atoms with Gasteiger partial charge in [-0.1, -0.05) is 6.07 Å². The maximum atomic E-state index is 12.6. The summed E-state index contributed by atoms with van der Waals surface area (Å²) in [6, 6.07) is 6.63. The minimum absolute atomic E-state index is 0.190. The molecule has 0 heterocycles. The van der Waals surface area contributed by atoms with E-state index in [2.05, 4.69) is 0 Å². The molecule has 8 heteroatoms. The Bertz CT molecular complexity index is 482. The Morgan fingerprint density at radius 1 is 0.708 bits per heavy atom. The Hall–Kier alpha value is -2.00. The summed E-state index contributed by atoms with van der Waals surface area (Å²) in [5.41, 5.74) is 23.0. The molecule has 0 aliphatic carbocycles. The van der Waals surface area contributed by atoms with E-state index in [-0.39, 0.29) is 11.8 Å². The van der Waals surface area contributed by atoms with Crippen molar-refractivity contribution in [3.63, 3.8) is 0 Å². The maximum Gasteiger partial charge on any atom is 0.253 e. The van der Waals surface area contributed by atoms with Gasteiger partial charge in [-0.15, -0.1) is 0 Å². The topological polar surface area (TPSA) is 145 Å². The summed E-state index contributed by atoms with van der Waals surface area (Å²) in [6.07, 6.45) is 0. The molecular formula is C16H28N6O2. The van der Waals surface area contributed by atoms with Crippen LogP contribution in [0, 0.1) is 0 Å². The van der Waals surface area contributed by atoms with Crippen molar-refractivity contribution < 1.29 is 9.59 Å². The lowest BCUT2D eigenvalue weighted by Crippen LogP contribution is -2.40. The molecule has 0 saturated heterocycles. The second-order valence-corrected chi connectivity index (χ2v) is 5.32. The molecule has 0 bridgehead atoms. The summed E-state index contributed by atoms with van der Waals surface area (Å²) in [5.74, 6) is -0.380.